The van der Waals surface area contributed by atoms with Gasteiger partial charge in [-0.25, -0.2) is 15.0 Å². The van der Waals surface area contributed by atoms with E-state index in [0.29, 0.717) is 17.5 Å². The standard InChI is InChI=1S/C58H39N5S/c1-37-17-14-15-26-44(37)45-31-33-50-54(55(45)59-42-22-10-4-11-23-42)47-35-40(29-32-49(47)63(50)43-24-12-5-13-25-43)41-30-34-51-48(36-41)53-46(27-16-28-52(53)64-51)58-61-56(38-18-6-2-7-19-38)60-57(62-58)39-20-8-3-9-21-39/h2-36,59H,1H3. The average molecular weight is 838 g/mol. The Kier molecular flexibility index (Phi) is 9.17. The maximum Gasteiger partial charge on any atom is 0.164 e. The van der Waals surface area contributed by atoms with E-state index in [1.54, 1.807) is 11.3 Å². The summed E-state index contributed by atoms with van der Waals surface area (Å²) in [5.74, 6) is 1.95. The Balaban J connectivity index is 1.08. The third kappa shape index (κ3) is 6.51. The number of aromatic nitrogens is 4. The summed E-state index contributed by atoms with van der Waals surface area (Å²) in [6.07, 6.45) is 0. The van der Waals surface area contributed by atoms with Crippen molar-refractivity contribution in [2.24, 2.45) is 0 Å². The van der Waals surface area contributed by atoms with Crippen LogP contribution in [0.25, 0.3) is 104 Å². The molecule has 9 aromatic carbocycles. The molecule has 3 aromatic heterocycles. The summed E-state index contributed by atoms with van der Waals surface area (Å²) in [6, 6.07) is 75.1. The second-order valence-corrected chi connectivity index (χ2v) is 17.2. The lowest BCUT2D eigenvalue weighted by molar-refractivity contribution is 1.08. The average Bonchev–Trinajstić information content (AvgIpc) is 3.91. The Morgan fingerprint density at radius 3 is 1.69 bits per heavy atom. The highest BCUT2D eigenvalue weighted by molar-refractivity contribution is 7.26. The normalized spacial score (nSPS) is 11.5. The molecule has 0 aliphatic rings. The van der Waals surface area contributed by atoms with E-state index < -0.39 is 0 Å². The minimum Gasteiger partial charge on any atom is -0.354 e. The van der Waals surface area contributed by atoms with E-state index in [0.717, 1.165) is 66.9 Å². The monoisotopic (exact) mass is 837 g/mol. The van der Waals surface area contributed by atoms with Crippen LogP contribution in [-0.4, -0.2) is 19.5 Å². The molecule has 0 saturated heterocycles. The molecule has 0 bridgehead atoms. The van der Waals surface area contributed by atoms with E-state index in [2.05, 4.69) is 193 Å². The van der Waals surface area contributed by atoms with Gasteiger partial charge in [-0.2, -0.15) is 0 Å². The van der Waals surface area contributed by atoms with Gasteiger partial charge >= 0.3 is 0 Å². The van der Waals surface area contributed by atoms with Crippen LogP contribution in [-0.2, 0) is 0 Å². The van der Waals surface area contributed by atoms with Crippen molar-refractivity contribution in [3.05, 3.63) is 218 Å². The lowest BCUT2D eigenvalue weighted by Gasteiger charge is -2.17. The maximum absolute atomic E-state index is 5.15. The molecule has 12 aromatic rings. The van der Waals surface area contributed by atoms with Gasteiger partial charge in [-0.05, 0) is 89.8 Å². The molecule has 0 saturated carbocycles. The highest BCUT2D eigenvalue weighted by Gasteiger charge is 2.22. The summed E-state index contributed by atoms with van der Waals surface area (Å²) in [5.41, 5.74) is 14.3. The fraction of sp³-hybridized carbons (Fsp3) is 0.0172. The minimum atomic E-state index is 0.649. The molecular formula is C58H39N5S. The highest BCUT2D eigenvalue weighted by atomic mass is 32.1. The molecule has 0 aliphatic heterocycles. The van der Waals surface area contributed by atoms with Crippen molar-refractivity contribution in [3.63, 3.8) is 0 Å². The molecule has 302 valence electrons. The Morgan fingerprint density at radius 1 is 0.406 bits per heavy atom. The summed E-state index contributed by atoms with van der Waals surface area (Å²) in [6.45, 7) is 2.19. The van der Waals surface area contributed by atoms with Crippen molar-refractivity contribution in [1.82, 2.24) is 19.5 Å². The van der Waals surface area contributed by atoms with Gasteiger partial charge in [0.25, 0.3) is 0 Å². The summed E-state index contributed by atoms with van der Waals surface area (Å²) in [7, 11) is 0. The smallest absolute Gasteiger partial charge is 0.164 e. The Hall–Kier alpha value is -8.19. The largest absolute Gasteiger partial charge is 0.354 e. The van der Waals surface area contributed by atoms with Gasteiger partial charge in [0.15, 0.2) is 17.5 Å². The van der Waals surface area contributed by atoms with Crippen LogP contribution in [0.2, 0.25) is 0 Å². The number of rotatable bonds is 8. The van der Waals surface area contributed by atoms with Crippen molar-refractivity contribution in [1.29, 1.82) is 0 Å². The van der Waals surface area contributed by atoms with E-state index in [1.165, 1.54) is 36.7 Å². The fourth-order valence-electron chi connectivity index (χ4n) is 9.16. The third-order valence-corrected chi connectivity index (χ3v) is 13.3. The lowest BCUT2D eigenvalue weighted by atomic mass is 9.95. The number of hydrogen-bond acceptors (Lipinski definition) is 5. The first-order chi connectivity index (χ1) is 31.6. The van der Waals surface area contributed by atoms with Gasteiger partial charge in [0.1, 0.15) is 0 Å². The lowest BCUT2D eigenvalue weighted by Crippen LogP contribution is -2.00. The summed E-state index contributed by atoms with van der Waals surface area (Å²) in [5, 5.41) is 8.59. The highest BCUT2D eigenvalue weighted by Crippen LogP contribution is 2.46. The minimum absolute atomic E-state index is 0.649. The van der Waals surface area contributed by atoms with Gasteiger partial charge in [0, 0.05) is 64.6 Å². The van der Waals surface area contributed by atoms with Crippen LogP contribution >= 0.6 is 11.3 Å². The molecule has 0 atom stereocenters. The maximum atomic E-state index is 5.15. The van der Waals surface area contributed by atoms with Crippen LogP contribution in [0.15, 0.2) is 212 Å². The number of para-hydroxylation sites is 2. The number of aryl methyl sites for hydroxylation is 1. The first-order valence-corrected chi connectivity index (χ1v) is 22.3. The molecule has 0 aliphatic carbocycles. The zero-order valence-electron chi connectivity index (χ0n) is 34.9. The number of benzene rings is 9. The van der Waals surface area contributed by atoms with Crippen molar-refractivity contribution in [2.75, 3.05) is 5.32 Å². The number of anilines is 2. The predicted molar refractivity (Wildman–Crippen MR) is 269 cm³/mol. The van der Waals surface area contributed by atoms with Crippen LogP contribution < -0.4 is 5.32 Å². The SMILES string of the molecule is Cc1ccccc1-c1ccc2c(c1Nc1ccccc1)c1cc(-c3ccc4sc5cccc(-c6nc(-c7ccccc7)nc(-c7ccccc7)n6)c5c4c3)ccc1n2-c1ccccc1. The van der Waals surface area contributed by atoms with E-state index in [9.17, 15) is 0 Å². The van der Waals surface area contributed by atoms with Crippen LogP contribution in [0, 0.1) is 6.92 Å². The van der Waals surface area contributed by atoms with Crippen molar-refractivity contribution < 1.29 is 0 Å². The van der Waals surface area contributed by atoms with E-state index in [1.807, 2.05) is 36.4 Å². The van der Waals surface area contributed by atoms with Crippen molar-refractivity contribution in [3.8, 4) is 62.1 Å². The Labute approximate surface area is 374 Å². The van der Waals surface area contributed by atoms with Crippen LogP contribution in [0.4, 0.5) is 11.4 Å². The molecule has 1 N–H and O–H groups in total. The van der Waals surface area contributed by atoms with Crippen LogP contribution in [0.3, 0.4) is 0 Å². The van der Waals surface area contributed by atoms with Gasteiger partial charge in [-0.1, -0.05) is 152 Å². The summed E-state index contributed by atoms with van der Waals surface area (Å²) in [4.78, 5) is 15.3. The predicted octanol–water partition coefficient (Wildman–Crippen LogP) is 15.7. The molecular weight excluding hydrogens is 799 g/mol. The van der Waals surface area contributed by atoms with Crippen molar-refractivity contribution >= 4 is 64.7 Å². The number of thiophene rings is 1. The molecule has 64 heavy (non-hydrogen) atoms. The Bertz CT molecular complexity index is 3630. The van der Waals surface area contributed by atoms with Crippen LogP contribution in [0.1, 0.15) is 5.56 Å². The van der Waals surface area contributed by atoms with Gasteiger partial charge in [-0.3, -0.25) is 0 Å². The molecule has 0 amide bonds. The number of nitrogens with zero attached hydrogens (tertiary/aromatic N) is 4. The number of nitrogens with one attached hydrogen (secondary N) is 1. The molecule has 6 heteroatoms. The molecule has 0 spiro atoms. The van der Waals surface area contributed by atoms with Gasteiger partial charge in [-0.15, -0.1) is 11.3 Å². The van der Waals surface area contributed by atoms with Gasteiger partial charge in [0.2, 0.25) is 0 Å². The van der Waals surface area contributed by atoms with Gasteiger partial charge < -0.3 is 9.88 Å². The first kappa shape index (κ1) is 37.6. The fourth-order valence-corrected chi connectivity index (χ4v) is 10.3. The van der Waals surface area contributed by atoms with E-state index >= 15 is 0 Å². The molecule has 0 unspecified atom stereocenters. The zero-order chi connectivity index (χ0) is 42.6. The number of hydrogen-bond donors (Lipinski definition) is 1. The molecule has 12 rings (SSSR count). The molecule has 0 radical (unpaired) electrons. The topological polar surface area (TPSA) is 55.6 Å². The summed E-state index contributed by atoms with van der Waals surface area (Å²) >= 11 is 1.80. The van der Waals surface area contributed by atoms with Gasteiger partial charge in [0.05, 0.1) is 16.7 Å². The zero-order valence-corrected chi connectivity index (χ0v) is 35.7. The quantitative estimate of drug-likeness (QED) is 0.166. The molecule has 3 heterocycles. The van der Waals surface area contributed by atoms with E-state index in [4.69, 9.17) is 15.0 Å². The second-order valence-electron chi connectivity index (χ2n) is 16.1. The van der Waals surface area contributed by atoms with Crippen LogP contribution in [0.5, 0.6) is 0 Å². The molecule has 0 fully saturated rings. The number of fused-ring (bicyclic) bond motifs is 6. The molecule has 5 nitrogen and oxygen atoms in total. The second kappa shape index (κ2) is 15.6. The first-order valence-electron chi connectivity index (χ1n) is 21.5. The summed E-state index contributed by atoms with van der Waals surface area (Å²) < 4.78 is 4.80. The Morgan fingerprint density at radius 2 is 0.984 bits per heavy atom. The third-order valence-electron chi connectivity index (χ3n) is 12.2. The van der Waals surface area contributed by atoms with Crippen molar-refractivity contribution in [2.45, 2.75) is 6.92 Å². The van der Waals surface area contributed by atoms with E-state index in [-0.39, 0.29) is 0 Å².